The van der Waals surface area contributed by atoms with Crippen molar-refractivity contribution in [1.29, 1.82) is 0 Å². The van der Waals surface area contributed by atoms with Crippen molar-refractivity contribution in [2.75, 3.05) is 26.3 Å². The van der Waals surface area contributed by atoms with Gasteiger partial charge in [-0.1, -0.05) is 0 Å². The van der Waals surface area contributed by atoms with E-state index in [1.807, 2.05) is 6.92 Å². The lowest BCUT2D eigenvalue weighted by Gasteiger charge is -2.28. The number of hydrogen-bond acceptors (Lipinski definition) is 6. The number of hydrogen-bond donors (Lipinski definition) is 1. The topological polar surface area (TPSA) is 73.9 Å². The molecule has 0 aromatic carbocycles. The van der Waals surface area contributed by atoms with Gasteiger partial charge < -0.3 is 19.5 Å². The minimum absolute atomic E-state index is 0.0909. The highest BCUT2D eigenvalue weighted by molar-refractivity contribution is 5.85. The Morgan fingerprint density at radius 3 is 2.44 bits per heavy atom. The minimum Gasteiger partial charge on any atom is -0.434 e. The molecule has 18 heavy (non-hydrogen) atoms. The third-order valence-corrected chi connectivity index (χ3v) is 2.84. The monoisotopic (exact) mass is 259 g/mol. The molecular weight excluding hydrogens is 238 g/mol. The summed E-state index contributed by atoms with van der Waals surface area (Å²) in [4.78, 5) is 23.0. The quantitative estimate of drug-likeness (QED) is 0.588. The van der Waals surface area contributed by atoms with E-state index in [1.54, 1.807) is 6.92 Å². The van der Waals surface area contributed by atoms with Crippen LogP contribution >= 0.6 is 0 Å². The van der Waals surface area contributed by atoms with Crippen LogP contribution in [0, 0.1) is 5.92 Å². The summed E-state index contributed by atoms with van der Waals surface area (Å²) >= 11 is 0. The number of carbonyl (C=O) groups is 2. The second-order valence-electron chi connectivity index (χ2n) is 4.07. The molecule has 1 aliphatic rings. The largest absolute Gasteiger partial charge is 0.516 e. The Hall–Kier alpha value is -1.14. The van der Waals surface area contributed by atoms with Crippen LogP contribution in [-0.4, -0.2) is 44.5 Å². The minimum atomic E-state index is -0.957. The highest BCUT2D eigenvalue weighted by Crippen LogP contribution is 2.20. The molecule has 0 spiro atoms. The molecule has 0 aliphatic carbocycles. The number of nitrogens with one attached hydrogen (secondary N) is 1. The van der Waals surface area contributed by atoms with Crippen molar-refractivity contribution in [2.45, 2.75) is 32.8 Å². The second-order valence-corrected chi connectivity index (χ2v) is 4.07. The van der Waals surface area contributed by atoms with E-state index < -0.39 is 18.2 Å². The Morgan fingerprint density at radius 1 is 1.22 bits per heavy atom. The summed E-state index contributed by atoms with van der Waals surface area (Å²) in [5, 5.41) is 3.21. The number of esters is 1. The summed E-state index contributed by atoms with van der Waals surface area (Å²) in [6.07, 6.45) is 0.0354. The average molecular weight is 259 g/mol. The van der Waals surface area contributed by atoms with Crippen molar-refractivity contribution < 1.29 is 23.8 Å². The Kier molecular flexibility index (Phi) is 6.67. The first-order chi connectivity index (χ1) is 8.69. The molecule has 1 unspecified atom stereocenters. The zero-order chi connectivity index (χ0) is 13.4. The van der Waals surface area contributed by atoms with Crippen LogP contribution in [0.25, 0.3) is 0 Å². The van der Waals surface area contributed by atoms with Crippen molar-refractivity contribution >= 4 is 12.1 Å². The maximum atomic E-state index is 11.8. The molecule has 1 N–H and O–H groups in total. The van der Waals surface area contributed by atoms with Crippen LogP contribution in [-0.2, 0) is 19.0 Å². The summed E-state index contributed by atoms with van der Waals surface area (Å²) in [5.74, 6) is -0.560. The molecule has 1 saturated heterocycles. The first kappa shape index (κ1) is 14.9. The van der Waals surface area contributed by atoms with E-state index in [-0.39, 0.29) is 12.5 Å². The molecule has 0 bridgehead atoms. The number of ether oxygens (including phenoxy) is 3. The predicted molar refractivity (Wildman–Crippen MR) is 64.1 cm³/mol. The van der Waals surface area contributed by atoms with Crippen molar-refractivity contribution in [3.63, 3.8) is 0 Å². The molecule has 6 heteroatoms. The predicted octanol–water partition coefficient (Wildman–Crippen LogP) is 1.09. The van der Waals surface area contributed by atoms with Gasteiger partial charge in [0.15, 0.2) is 6.10 Å². The molecule has 1 fully saturated rings. The van der Waals surface area contributed by atoms with Gasteiger partial charge in [0.2, 0.25) is 0 Å². The normalized spacial score (nSPS) is 18.1. The lowest BCUT2D eigenvalue weighted by atomic mass is 9.92. The van der Waals surface area contributed by atoms with Crippen LogP contribution in [0.15, 0.2) is 0 Å². The summed E-state index contributed by atoms with van der Waals surface area (Å²) in [6, 6.07) is 0. The third kappa shape index (κ3) is 4.62. The first-order valence-corrected chi connectivity index (χ1v) is 6.39. The Balaban J connectivity index is 2.53. The van der Waals surface area contributed by atoms with Gasteiger partial charge in [0.05, 0.1) is 6.61 Å². The van der Waals surface area contributed by atoms with Crippen LogP contribution in [0.1, 0.15) is 26.7 Å². The molecule has 1 aliphatic heterocycles. The fraction of sp³-hybridized carbons (Fsp3) is 0.833. The van der Waals surface area contributed by atoms with Gasteiger partial charge in [-0.3, -0.25) is 0 Å². The molecule has 0 aromatic heterocycles. The van der Waals surface area contributed by atoms with Crippen LogP contribution in [0.4, 0.5) is 4.79 Å². The maximum absolute atomic E-state index is 11.8. The molecule has 0 aromatic rings. The van der Waals surface area contributed by atoms with Crippen molar-refractivity contribution in [1.82, 2.24) is 5.32 Å². The van der Waals surface area contributed by atoms with Crippen LogP contribution in [0.5, 0.6) is 0 Å². The fourth-order valence-corrected chi connectivity index (χ4v) is 2.01. The Labute approximate surface area is 107 Å². The van der Waals surface area contributed by atoms with E-state index in [9.17, 15) is 9.59 Å². The zero-order valence-corrected chi connectivity index (χ0v) is 10.9. The van der Waals surface area contributed by atoms with Crippen molar-refractivity contribution in [3.05, 3.63) is 0 Å². The highest BCUT2D eigenvalue weighted by atomic mass is 16.7. The lowest BCUT2D eigenvalue weighted by molar-refractivity contribution is -0.157. The van der Waals surface area contributed by atoms with Crippen molar-refractivity contribution in [3.8, 4) is 0 Å². The van der Waals surface area contributed by atoms with E-state index in [2.05, 4.69) is 14.8 Å². The van der Waals surface area contributed by atoms with Gasteiger partial charge in [-0.05, 0) is 45.7 Å². The lowest BCUT2D eigenvalue weighted by Crippen LogP contribution is -2.41. The molecule has 0 amide bonds. The molecule has 0 radical (unpaired) electrons. The van der Waals surface area contributed by atoms with Crippen molar-refractivity contribution in [2.24, 2.45) is 5.92 Å². The average Bonchev–Trinajstić information content (AvgIpc) is 2.37. The van der Waals surface area contributed by atoms with Crippen LogP contribution in [0.3, 0.4) is 0 Å². The fourth-order valence-electron chi connectivity index (χ4n) is 2.01. The van der Waals surface area contributed by atoms with Gasteiger partial charge >= 0.3 is 12.1 Å². The van der Waals surface area contributed by atoms with E-state index in [4.69, 9.17) is 4.74 Å². The molecule has 6 nitrogen and oxygen atoms in total. The molecule has 1 atom stereocenters. The standard InChI is InChI=1S/C12H21NO5/c1-3-16-10(9-5-7-13-8-6-9)11(14)18-12(15)17-4-2/h9-10,13H,3-8H2,1-2H3. The van der Waals surface area contributed by atoms with Crippen LogP contribution in [0.2, 0.25) is 0 Å². The first-order valence-electron chi connectivity index (χ1n) is 6.39. The SMILES string of the molecule is CCOC(=O)OC(=O)C(OCC)C1CCNCC1. The summed E-state index contributed by atoms with van der Waals surface area (Å²) < 4.78 is 14.6. The van der Waals surface area contributed by atoms with Gasteiger partial charge in [-0.25, -0.2) is 9.59 Å². The molecule has 1 heterocycles. The summed E-state index contributed by atoms with van der Waals surface area (Å²) in [7, 11) is 0. The van der Waals surface area contributed by atoms with E-state index in [0.717, 1.165) is 25.9 Å². The van der Waals surface area contributed by atoms with E-state index in [0.29, 0.717) is 6.61 Å². The van der Waals surface area contributed by atoms with E-state index in [1.165, 1.54) is 0 Å². The van der Waals surface area contributed by atoms with Gasteiger partial charge in [0, 0.05) is 6.61 Å². The Morgan fingerprint density at radius 2 is 1.89 bits per heavy atom. The molecule has 104 valence electrons. The zero-order valence-electron chi connectivity index (χ0n) is 10.9. The summed E-state index contributed by atoms with van der Waals surface area (Å²) in [6.45, 7) is 5.75. The Bertz CT molecular complexity index is 276. The number of piperidine rings is 1. The number of rotatable bonds is 5. The molecule has 1 rings (SSSR count). The van der Waals surface area contributed by atoms with Gasteiger partial charge in [-0.15, -0.1) is 0 Å². The number of carbonyl (C=O) groups excluding carboxylic acids is 2. The van der Waals surface area contributed by atoms with E-state index >= 15 is 0 Å². The molecular formula is C12H21NO5. The van der Waals surface area contributed by atoms with Crippen LogP contribution < -0.4 is 5.32 Å². The smallest absolute Gasteiger partial charge is 0.434 e. The third-order valence-electron chi connectivity index (χ3n) is 2.84. The van der Waals surface area contributed by atoms with Gasteiger partial charge in [-0.2, -0.15) is 0 Å². The summed E-state index contributed by atoms with van der Waals surface area (Å²) in [5.41, 5.74) is 0. The molecule has 0 saturated carbocycles. The van der Waals surface area contributed by atoms with Gasteiger partial charge in [0.1, 0.15) is 0 Å². The second kappa shape index (κ2) is 8.05. The maximum Gasteiger partial charge on any atom is 0.516 e. The van der Waals surface area contributed by atoms with Gasteiger partial charge in [0.25, 0.3) is 0 Å². The highest BCUT2D eigenvalue weighted by Gasteiger charge is 2.32.